The zero-order valence-corrected chi connectivity index (χ0v) is 17.9. The van der Waals surface area contributed by atoms with Crippen LogP contribution in [0.3, 0.4) is 0 Å². The Morgan fingerprint density at radius 2 is 1.96 bits per heavy atom. The van der Waals surface area contributed by atoms with E-state index < -0.39 is 16.0 Å². The quantitative estimate of drug-likeness (QED) is 0.718. The fourth-order valence-electron chi connectivity index (χ4n) is 3.08. The van der Waals surface area contributed by atoms with Crippen molar-refractivity contribution in [1.82, 2.24) is 14.1 Å². The van der Waals surface area contributed by atoms with Crippen LogP contribution in [0.1, 0.15) is 36.4 Å². The largest absolute Gasteiger partial charge is 0.495 e. The average molecular weight is 410 g/mol. The molecule has 2 rings (SSSR count). The van der Waals surface area contributed by atoms with Gasteiger partial charge in [0.1, 0.15) is 10.6 Å². The van der Waals surface area contributed by atoms with Gasteiger partial charge in [0.15, 0.2) is 0 Å². The number of benzene rings is 1. The third-order valence-electron chi connectivity index (χ3n) is 4.72. The van der Waals surface area contributed by atoms with E-state index in [4.69, 9.17) is 9.84 Å². The first-order valence-corrected chi connectivity index (χ1v) is 10.3. The zero-order chi connectivity index (χ0) is 21.2. The van der Waals surface area contributed by atoms with Crippen LogP contribution in [0.15, 0.2) is 23.1 Å². The number of aryl methyl sites for hydroxylation is 2. The maximum absolute atomic E-state index is 13.5. The van der Waals surface area contributed by atoms with E-state index in [1.54, 1.807) is 24.6 Å². The maximum Gasteiger partial charge on any atom is 0.307 e. The minimum absolute atomic E-state index is 0.0401. The molecule has 0 bridgehead atoms. The number of hydrogen-bond acceptors (Lipinski definition) is 5. The van der Waals surface area contributed by atoms with Crippen molar-refractivity contribution in [3.63, 3.8) is 0 Å². The van der Waals surface area contributed by atoms with E-state index in [9.17, 15) is 13.2 Å². The Morgan fingerprint density at radius 1 is 1.32 bits per heavy atom. The molecule has 154 valence electrons. The number of aromatic nitrogens is 2. The van der Waals surface area contributed by atoms with Gasteiger partial charge in [-0.25, -0.2) is 8.42 Å². The molecule has 9 heteroatoms. The number of carboxylic acids is 1. The lowest BCUT2D eigenvalue weighted by Crippen LogP contribution is -2.37. The summed E-state index contributed by atoms with van der Waals surface area (Å²) in [5.41, 5.74) is 2.90. The number of carbonyl (C=O) groups is 1. The Hall–Kier alpha value is -2.39. The van der Waals surface area contributed by atoms with Crippen LogP contribution in [0.5, 0.6) is 5.75 Å². The highest BCUT2D eigenvalue weighted by atomic mass is 32.2. The molecule has 0 aliphatic heterocycles. The van der Waals surface area contributed by atoms with Gasteiger partial charge >= 0.3 is 5.97 Å². The van der Waals surface area contributed by atoms with Gasteiger partial charge in [0.25, 0.3) is 0 Å². The molecule has 0 spiro atoms. The number of methoxy groups -OCH3 is 1. The summed E-state index contributed by atoms with van der Waals surface area (Å²) >= 11 is 0. The molecular weight excluding hydrogens is 382 g/mol. The van der Waals surface area contributed by atoms with Crippen LogP contribution in [0.2, 0.25) is 0 Å². The van der Waals surface area contributed by atoms with E-state index in [0.29, 0.717) is 5.56 Å². The molecule has 1 aromatic carbocycles. The van der Waals surface area contributed by atoms with Crippen molar-refractivity contribution >= 4 is 16.0 Å². The number of aliphatic carboxylic acids is 1. The minimum Gasteiger partial charge on any atom is -0.495 e. The molecule has 2 aromatic rings. The van der Waals surface area contributed by atoms with Gasteiger partial charge in [0.2, 0.25) is 10.0 Å². The van der Waals surface area contributed by atoms with Crippen LogP contribution in [0.4, 0.5) is 0 Å². The Morgan fingerprint density at radius 3 is 2.43 bits per heavy atom. The second kappa shape index (κ2) is 8.32. The van der Waals surface area contributed by atoms with Crippen molar-refractivity contribution in [3.8, 4) is 5.75 Å². The topological polar surface area (TPSA) is 102 Å². The van der Waals surface area contributed by atoms with Gasteiger partial charge in [0, 0.05) is 30.9 Å². The highest BCUT2D eigenvalue weighted by Gasteiger charge is 2.32. The second-order valence-electron chi connectivity index (χ2n) is 6.97. The van der Waals surface area contributed by atoms with Crippen LogP contribution >= 0.6 is 0 Å². The number of ether oxygens (including phenoxy) is 1. The highest BCUT2D eigenvalue weighted by molar-refractivity contribution is 7.89. The molecule has 0 aliphatic rings. The summed E-state index contributed by atoms with van der Waals surface area (Å²) in [5.74, 6) is -0.852. The van der Waals surface area contributed by atoms with Gasteiger partial charge in [-0.2, -0.15) is 9.40 Å². The molecule has 8 nitrogen and oxygen atoms in total. The fraction of sp³-hybridized carbons (Fsp3) is 0.474. The smallest absolute Gasteiger partial charge is 0.307 e. The van der Waals surface area contributed by atoms with E-state index in [1.165, 1.54) is 23.5 Å². The SMILES string of the molecule is COc1ccc(CC(=O)O)cc1S(=O)(=O)N(Cc1c(C)nn(C)c1C)C(C)C. The number of hydrogen-bond donors (Lipinski definition) is 1. The predicted molar refractivity (Wildman–Crippen MR) is 105 cm³/mol. The molecule has 0 aliphatic carbocycles. The molecule has 0 saturated carbocycles. The molecule has 0 radical (unpaired) electrons. The van der Waals surface area contributed by atoms with Gasteiger partial charge in [-0.05, 0) is 45.4 Å². The van der Waals surface area contributed by atoms with Crippen molar-refractivity contribution < 1.29 is 23.1 Å². The van der Waals surface area contributed by atoms with Crippen LogP contribution in [-0.4, -0.2) is 46.7 Å². The Kier molecular flexibility index (Phi) is 6.51. The van der Waals surface area contributed by atoms with Crippen LogP contribution < -0.4 is 4.74 Å². The van der Waals surface area contributed by atoms with Crippen molar-refractivity contribution in [1.29, 1.82) is 0 Å². The molecule has 0 fully saturated rings. The van der Waals surface area contributed by atoms with Crippen molar-refractivity contribution in [2.24, 2.45) is 7.05 Å². The normalized spacial score (nSPS) is 12.0. The van der Waals surface area contributed by atoms with E-state index in [-0.39, 0.29) is 29.7 Å². The number of rotatable bonds is 8. The standard InChI is InChI=1S/C19H27N3O5S/c1-12(2)22(11-16-13(3)20-21(5)14(16)4)28(25,26)18-9-15(10-19(23)24)7-8-17(18)27-6/h7-9,12H,10-11H2,1-6H3,(H,23,24). The van der Waals surface area contributed by atoms with Crippen LogP contribution in [0, 0.1) is 13.8 Å². The molecular formula is C19H27N3O5S. The lowest BCUT2D eigenvalue weighted by molar-refractivity contribution is -0.136. The Balaban J connectivity index is 2.56. The van der Waals surface area contributed by atoms with Gasteiger partial charge in [-0.3, -0.25) is 9.48 Å². The summed E-state index contributed by atoms with van der Waals surface area (Å²) in [7, 11) is -0.738. The molecule has 28 heavy (non-hydrogen) atoms. The van der Waals surface area contributed by atoms with E-state index in [1.807, 2.05) is 20.9 Å². The van der Waals surface area contributed by atoms with Gasteiger partial charge in [-0.1, -0.05) is 6.07 Å². The number of nitrogens with zero attached hydrogens (tertiary/aromatic N) is 3. The summed E-state index contributed by atoms with van der Waals surface area (Å²) in [6.45, 7) is 7.51. The average Bonchev–Trinajstić information content (AvgIpc) is 2.83. The third kappa shape index (κ3) is 4.36. The maximum atomic E-state index is 13.5. The van der Waals surface area contributed by atoms with Gasteiger partial charge in [-0.15, -0.1) is 0 Å². The van der Waals surface area contributed by atoms with E-state index in [0.717, 1.165) is 17.0 Å². The molecule has 1 aromatic heterocycles. The molecule has 0 atom stereocenters. The predicted octanol–water partition coefficient (Wildman–Crippen LogP) is 2.27. The van der Waals surface area contributed by atoms with Gasteiger partial charge in [0.05, 0.1) is 19.2 Å². The molecule has 0 saturated heterocycles. The fourth-order valence-corrected chi connectivity index (χ4v) is 4.89. The molecule has 0 amide bonds. The Bertz CT molecular complexity index is 980. The lowest BCUT2D eigenvalue weighted by atomic mass is 10.1. The monoisotopic (exact) mass is 409 g/mol. The summed E-state index contributed by atoms with van der Waals surface area (Å²) < 4.78 is 35.4. The first-order chi connectivity index (χ1) is 13.0. The van der Waals surface area contributed by atoms with E-state index in [2.05, 4.69) is 5.10 Å². The summed E-state index contributed by atoms with van der Waals surface area (Å²) in [6.07, 6.45) is -0.269. The Labute approximate surface area is 165 Å². The number of sulfonamides is 1. The number of carboxylic acid groups (broad SMARTS) is 1. The second-order valence-corrected chi connectivity index (χ2v) is 8.83. The highest BCUT2D eigenvalue weighted by Crippen LogP contribution is 2.31. The lowest BCUT2D eigenvalue weighted by Gasteiger charge is -2.27. The first-order valence-electron chi connectivity index (χ1n) is 8.88. The van der Waals surface area contributed by atoms with Crippen molar-refractivity contribution in [3.05, 3.63) is 40.7 Å². The zero-order valence-electron chi connectivity index (χ0n) is 17.1. The van der Waals surface area contributed by atoms with Crippen molar-refractivity contribution in [2.45, 2.75) is 51.6 Å². The van der Waals surface area contributed by atoms with Crippen LogP contribution in [-0.2, 0) is 34.8 Å². The first kappa shape index (κ1) is 21.9. The summed E-state index contributed by atoms with van der Waals surface area (Å²) in [6, 6.07) is 4.10. The van der Waals surface area contributed by atoms with Crippen LogP contribution in [0.25, 0.3) is 0 Å². The molecule has 1 N–H and O–H groups in total. The van der Waals surface area contributed by atoms with Gasteiger partial charge < -0.3 is 9.84 Å². The summed E-state index contributed by atoms with van der Waals surface area (Å²) in [5, 5.41) is 13.4. The molecule has 1 heterocycles. The molecule has 0 unspecified atom stereocenters. The van der Waals surface area contributed by atoms with Crippen molar-refractivity contribution in [2.75, 3.05) is 7.11 Å². The minimum atomic E-state index is -3.95. The van der Waals surface area contributed by atoms with E-state index >= 15 is 0 Å². The third-order valence-corrected chi connectivity index (χ3v) is 6.76. The summed E-state index contributed by atoms with van der Waals surface area (Å²) in [4.78, 5) is 11.0.